The van der Waals surface area contributed by atoms with Crippen LogP contribution in [-0.2, 0) is 6.18 Å². The van der Waals surface area contributed by atoms with E-state index in [0.29, 0.717) is 35.3 Å². The molecule has 0 aliphatic rings. The van der Waals surface area contributed by atoms with E-state index in [9.17, 15) is 13.2 Å². The standard InChI is InChI=1S/C18H19ClF3N3O2/c1-3-7-27-17-14(19)8-12(9-15(17)26-4-2)10-24-25-16-6-5-13(11-23-16)18(20,21)22/h5-6,8-11H,3-4,7H2,1-2H3,(H,23,25)/b24-10+. The Hall–Kier alpha value is -2.48. The van der Waals surface area contributed by atoms with Gasteiger partial charge in [0.1, 0.15) is 5.82 Å². The molecule has 0 amide bonds. The number of alkyl halides is 3. The van der Waals surface area contributed by atoms with Gasteiger partial charge >= 0.3 is 6.18 Å². The van der Waals surface area contributed by atoms with Crippen molar-refractivity contribution in [3.05, 3.63) is 46.6 Å². The van der Waals surface area contributed by atoms with Gasteiger partial charge in [-0.1, -0.05) is 18.5 Å². The molecule has 0 bridgehead atoms. The molecule has 0 radical (unpaired) electrons. The molecule has 0 aliphatic carbocycles. The zero-order valence-electron chi connectivity index (χ0n) is 14.8. The lowest BCUT2D eigenvalue weighted by molar-refractivity contribution is -0.137. The number of hydrogen-bond donors (Lipinski definition) is 1. The van der Waals surface area contributed by atoms with Crippen LogP contribution in [0.2, 0.25) is 5.02 Å². The van der Waals surface area contributed by atoms with E-state index in [0.717, 1.165) is 18.7 Å². The van der Waals surface area contributed by atoms with Gasteiger partial charge in [-0.3, -0.25) is 5.43 Å². The van der Waals surface area contributed by atoms with Crippen LogP contribution in [0.5, 0.6) is 11.5 Å². The number of benzene rings is 1. The maximum atomic E-state index is 12.5. The number of hydrazone groups is 1. The lowest BCUT2D eigenvalue weighted by Gasteiger charge is -2.13. The summed E-state index contributed by atoms with van der Waals surface area (Å²) in [7, 11) is 0. The van der Waals surface area contributed by atoms with Crippen LogP contribution >= 0.6 is 11.6 Å². The van der Waals surface area contributed by atoms with Crippen molar-refractivity contribution < 1.29 is 22.6 Å². The number of nitrogens with one attached hydrogen (secondary N) is 1. The maximum Gasteiger partial charge on any atom is 0.417 e. The number of aromatic nitrogens is 1. The van der Waals surface area contributed by atoms with Gasteiger partial charge in [0, 0.05) is 6.20 Å². The summed E-state index contributed by atoms with van der Waals surface area (Å²) < 4.78 is 48.7. The normalized spacial score (nSPS) is 11.6. The van der Waals surface area contributed by atoms with Crippen molar-refractivity contribution in [3.8, 4) is 11.5 Å². The van der Waals surface area contributed by atoms with Crippen LogP contribution in [-0.4, -0.2) is 24.4 Å². The number of anilines is 1. The molecule has 2 rings (SSSR count). The van der Waals surface area contributed by atoms with Gasteiger partial charge in [-0.15, -0.1) is 0 Å². The Morgan fingerprint density at radius 1 is 1.22 bits per heavy atom. The first-order chi connectivity index (χ1) is 12.8. The Morgan fingerprint density at radius 2 is 2.00 bits per heavy atom. The average Bonchev–Trinajstić information content (AvgIpc) is 2.61. The predicted molar refractivity (Wildman–Crippen MR) is 98.9 cm³/mol. The van der Waals surface area contributed by atoms with Crippen molar-refractivity contribution in [1.29, 1.82) is 0 Å². The van der Waals surface area contributed by atoms with Crippen LogP contribution in [0.15, 0.2) is 35.6 Å². The van der Waals surface area contributed by atoms with E-state index in [1.54, 1.807) is 12.1 Å². The summed E-state index contributed by atoms with van der Waals surface area (Å²) in [5.41, 5.74) is 2.37. The minimum atomic E-state index is -4.43. The first-order valence-electron chi connectivity index (χ1n) is 8.26. The van der Waals surface area contributed by atoms with Crippen molar-refractivity contribution in [3.63, 3.8) is 0 Å². The molecule has 1 aromatic carbocycles. The highest BCUT2D eigenvalue weighted by atomic mass is 35.5. The molecule has 1 N–H and O–H groups in total. The lowest BCUT2D eigenvalue weighted by Crippen LogP contribution is -2.05. The molecule has 0 saturated heterocycles. The van der Waals surface area contributed by atoms with Crippen LogP contribution in [0, 0.1) is 0 Å². The molecule has 5 nitrogen and oxygen atoms in total. The maximum absolute atomic E-state index is 12.5. The first-order valence-corrected chi connectivity index (χ1v) is 8.64. The first kappa shape index (κ1) is 20.8. The summed E-state index contributed by atoms with van der Waals surface area (Å²) in [5.74, 6) is 1.14. The largest absolute Gasteiger partial charge is 0.490 e. The zero-order valence-corrected chi connectivity index (χ0v) is 15.6. The van der Waals surface area contributed by atoms with Gasteiger partial charge in [-0.2, -0.15) is 18.3 Å². The topological polar surface area (TPSA) is 55.7 Å². The molecular formula is C18H19ClF3N3O2. The highest BCUT2D eigenvalue weighted by molar-refractivity contribution is 6.32. The van der Waals surface area contributed by atoms with Crippen molar-refractivity contribution in [2.24, 2.45) is 5.10 Å². The van der Waals surface area contributed by atoms with Crippen molar-refractivity contribution in [2.75, 3.05) is 18.6 Å². The number of nitrogens with zero attached hydrogens (tertiary/aromatic N) is 2. The fourth-order valence-electron chi connectivity index (χ4n) is 2.07. The molecule has 0 atom stereocenters. The van der Waals surface area contributed by atoms with Gasteiger partial charge in [0.05, 0.1) is 30.0 Å². The molecule has 0 fully saturated rings. The third-order valence-corrected chi connectivity index (χ3v) is 3.55. The van der Waals surface area contributed by atoms with E-state index < -0.39 is 11.7 Å². The molecule has 27 heavy (non-hydrogen) atoms. The van der Waals surface area contributed by atoms with Crippen LogP contribution in [0.4, 0.5) is 19.0 Å². The third-order valence-electron chi connectivity index (χ3n) is 3.27. The van der Waals surface area contributed by atoms with E-state index in [4.69, 9.17) is 21.1 Å². The van der Waals surface area contributed by atoms with E-state index in [-0.39, 0.29) is 5.82 Å². The van der Waals surface area contributed by atoms with Gasteiger partial charge in [0.25, 0.3) is 0 Å². The highest BCUT2D eigenvalue weighted by Crippen LogP contribution is 2.36. The Balaban J connectivity index is 2.11. The van der Waals surface area contributed by atoms with Crippen molar-refractivity contribution >= 4 is 23.6 Å². The third kappa shape index (κ3) is 6.02. The second-order valence-corrected chi connectivity index (χ2v) is 5.82. The van der Waals surface area contributed by atoms with Gasteiger partial charge in [-0.25, -0.2) is 4.98 Å². The molecule has 0 saturated carbocycles. The number of hydrogen-bond acceptors (Lipinski definition) is 5. The number of halogens is 4. The summed E-state index contributed by atoms with van der Waals surface area (Å²) in [5, 5.41) is 4.34. The molecule has 1 aromatic heterocycles. The van der Waals surface area contributed by atoms with Gasteiger partial charge in [-0.05, 0) is 43.2 Å². The summed E-state index contributed by atoms with van der Waals surface area (Å²) in [6.07, 6.45) is -1.41. The molecule has 146 valence electrons. The Labute approximate surface area is 160 Å². The van der Waals surface area contributed by atoms with Crippen LogP contribution in [0.1, 0.15) is 31.4 Å². The Bertz CT molecular complexity index is 781. The minimum absolute atomic E-state index is 0.179. The molecular weight excluding hydrogens is 383 g/mol. The summed E-state index contributed by atoms with van der Waals surface area (Å²) in [6.45, 7) is 4.77. The number of rotatable bonds is 8. The van der Waals surface area contributed by atoms with E-state index >= 15 is 0 Å². The smallest absolute Gasteiger partial charge is 0.417 e. The summed E-state index contributed by atoms with van der Waals surface area (Å²) in [6, 6.07) is 5.49. The van der Waals surface area contributed by atoms with E-state index in [1.165, 1.54) is 12.3 Å². The Morgan fingerprint density at radius 3 is 2.59 bits per heavy atom. The molecule has 0 aliphatic heterocycles. The Kier molecular flexibility index (Phi) is 7.29. The molecule has 9 heteroatoms. The van der Waals surface area contributed by atoms with Gasteiger partial charge < -0.3 is 9.47 Å². The fraction of sp³-hybridized carbons (Fsp3) is 0.333. The zero-order chi connectivity index (χ0) is 19.9. The molecule has 0 unspecified atom stereocenters. The van der Waals surface area contributed by atoms with Gasteiger partial charge in [0.15, 0.2) is 11.5 Å². The molecule has 2 aromatic rings. The summed E-state index contributed by atoms with van der Waals surface area (Å²) in [4.78, 5) is 3.67. The van der Waals surface area contributed by atoms with E-state index in [2.05, 4.69) is 15.5 Å². The predicted octanol–water partition coefficient (Wildman–Crippen LogP) is 5.39. The number of ether oxygens (including phenoxy) is 2. The molecule has 1 heterocycles. The minimum Gasteiger partial charge on any atom is -0.490 e. The lowest BCUT2D eigenvalue weighted by atomic mass is 10.2. The highest BCUT2D eigenvalue weighted by Gasteiger charge is 2.30. The SMILES string of the molecule is CCCOc1c(Cl)cc(/C=N/Nc2ccc(C(F)(F)F)cn2)cc1OCC. The molecule has 0 spiro atoms. The monoisotopic (exact) mass is 401 g/mol. The van der Waals surface area contributed by atoms with Gasteiger partial charge in [0.2, 0.25) is 0 Å². The van der Waals surface area contributed by atoms with Crippen molar-refractivity contribution in [1.82, 2.24) is 4.98 Å². The quantitative estimate of drug-likeness (QED) is 0.476. The number of pyridine rings is 1. The summed E-state index contributed by atoms with van der Waals surface area (Å²) >= 11 is 6.26. The van der Waals surface area contributed by atoms with Crippen LogP contribution in [0.25, 0.3) is 0 Å². The van der Waals surface area contributed by atoms with Crippen LogP contribution < -0.4 is 14.9 Å². The fourth-order valence-corrected chi connectivity index (χ4v) is 2.34. The second kappa shape index (κ2) is 9.45. The second-order valence-electron chi connectivity index (χ2n) is 5.41. The van der Waals surface area contributed by atoms with Crippen LogP contribution in [0.3, 0.4) is 0 Å². The average molecular weight is 402 g/mol. The van der Waals surface area contributed by atoms with Crippen molar-refractivity contribution in [2.45, 2.75) is 26.4 Å². The van der Waals surface area contributed by atoms with E-state index in [1.807, 2.05) is 13.8 Å².